The zero-order valence-electron chi connectivity index (χ0n) is 26.1. The number of benzene rings is 1. The Balaban J connectivity index is 1.57. The van der Waals surface area contributed by atoms with E-state index in [0.717, 1.165) is 48.2 Å². The first-order valence-electron chi connectivity index (χ1n) is 15.0. The Kier molecular flexibility index (Phi) is 9.24. The Hall–Kier alpha value is -2.85. The van der Waals surface area contributed by atoms with E-state index in [0.29, 0.717) is 5.92 Å². The van der Waals surface area contributed by atoms with Gasteiger partial charge in [-0.3, -0.25) is 4.79 Å². The number of rotatable bonds is 9. The molecule has 2 aliphatic heterocycles. The fraction of sp³-hybridized carbons (Fsp3) is 0.645. The zero-order chi connectivity index (χ0) is 30.1. The molecular formula is C31H47BN4O5. The van der Waals surface area contributed by atoms with Crippen molar-refractivity contribution in [2.45, 2.75) is 110 Å². The first-order chi connectivity index (χ1) is 19.3. The van der Waals surface area contributed by atoms with E-state index in [1.807, 2.05) is 76.9 Å². The Morgan fingerprint density at radius 1 is 1.17 bits per heavy atom. The highest BCUT2D eigenvalue weighted by atomic mass is 16.7. The van der Waals surface area contributed by atoms with Gasteiger partial charge >= 0.3 is 13.2 Å². The number of H-pyrrole nitrogens is 1. The molecule has 2 fully saturated rings. The highest BCUT2D eigenvalue weighted by Gasteiger charge is 2.51. The zero-order valence-corrected chi connectivity index (χ0v) is 26.1. The van der Waals surface area contributed by atoms with Crippen molar-refractivity contribution in [1.82, 2.24) is 20.2 Å². The lowest BCUT2D eigenvalue weighted by Gasteiger charge is -2.33. The summed E-state index contributed by atoms with van der Waals surface area (Å²) in [6, 6.07) is 7.22. The van der Waals surface area contributed by atoms with Crippen molar-refractivity contribution in [2.24, 2.45) is 11.8 Å². The van der Waals surface area contributed by atoms with Crippen LogP contribution in [0.1, 0.15) is 92.9 Å². The second-order valence-corrected chi connectivity index (χ2v) is 12.9. The summed E-state index contributed by atoms with van der Waals surface area (Å²) in [5, 5.41) is 2.76. The number of aromatic amines is 1. The lowest BCUT2D eigenvalue weighted by molar-refractivity contribution is -0.137. The second kappa shape index (κ2) is 12.2. The molecule has 3 heterocycles. The van der Waals surface area contributed by atoms with E-state index >= 15 is 0 Å². The summed E-state index contributed by atoms with van der Waals surface area (Å²) >= 11 is 0. The summed E-state index contributed by atoms with van der Waals surface area (Å²) < 4.78 is 17.2. The van der Waals surface area contributed by atoms with Crippen LogP contribution in [0.25, 0.3) is 11.3 Å². The molecule has 2 aromatic rings. The third-order valence-corrected chi connectivity index (χ3v) is 9.20. The third-order valence-electron chi connectivity index (χ3n) is 9.20. The molecule has 2 aliphatic rings. The number of hydrogen-bond acceptors (Lipinski definition) is 6. The van der Waals surface area contributed by atoms with Crippen LogP contribution in [0.15, 0.2) is 30.5 Å². The smallest absolute Gasteiger partial charge is 0.453 e. The predicted molar refractivity (Wildman–Crippen MR) is 161 cm³/mol. The molecule has 0 bridgehead atoms. The van der Waals surface area contributed by atoms with Crippen LogP contribution in [0.3, 0.4) is 0 Å². The van der Waals surface area contributed by atoms with Crippen LogP contribution in [-0.2, 0) is 18.8 Å². The summed E-state index contributed by atoms with van der Waals surface area (Å²) in [5.41, 5.74) is 1.94. The number of likely N-dealkylation sites (tertiary alicyclic amines) is 1. The minimum absolute atomic E-state index is 0.0208. The van der Waals surface area contributed by atoms with E-state index in [9.17, 15) is 9.59 Å². The van der Waals surface area contributed by atoms with Crippen molar-refractivity contribution in [3.63, 3.8) is 0 Å². The Morgan fingerprint density at radius 3 is 2.37 bits per heavy atom. The van der Waals surface area contributed by atoms with Crippen LogP contribution in [0.4, 0.5) is 4.79 Å². The van der Waals surface area contributed by atoms with E-state index in [-0.39, 0.29) is 23.9 Å². The summed E-state index contributed by atoms with van der Waals surface area (Å²) in [6.07, 6.45) is 5.38. The van der Waals surface area contributed by atoms with Crippen molar-refractivity contribution in [3.05, 3.63) is 36.3 Å². The van der Waals surface area contributed by atoms with Crippen molar-refractivity contribution in [2.75, 3.05) is 7.11 Å². The van der Waals surface area contributed by atoms with Gasteiger partial charge in [-0.25, -0.2) is 9.78 Å². The standard InChI is InChI=1S/C31H47BN4O5/c1-10-11-12-22-17-25(36(20(22)4)28(37)26(19(2)3)35-29(38)39-9)27-33-18-24(34-27)21-13-15-23(16-14-21)32-40-30(5,6)31(7,8)41-32/h13-16,18-20,22,25-26H,10-12,17H2,1-9H3,(H,33,34)(H,35,38)/t20-,22-,25-,26-/m0/s1. The van der Waals surface area contributed by atoms with Crippen molar-refractivity contribution in [1.29, 1.82) is 0 Å². The minimum Gasteiger partial charge on any atom is -0.453 e. The average Bonchev–Trinajstić information content (AvgIpc) is 3.59. The molecule has 224 valence electrons. The number of aromatic nitrogens is 2. The fourth-order valence-corrected chi connectivity index (χ4v) is 5.84. The number of nitrogens with zero attached hydrogens (tertiary/aromatic N) is 2. The van der Waals surface area contributed by atoms with Gasteiger partial charge in [0.2, 0.25) is 5.91 Å². The van der Waals surface area contributed by atoms with Gasteiger partial charge in [0, 0.05) is 17.8 Å². The summed E-state index contributed by atoms with van der Waals surface area (Å²) in [6.45, 7) is 16.4. The van der Waals surface area contributed by atoms with Gasteiger partial charge in [-0.2, -0.15) is 0 Å². The maximum atomic E-state index is 14.0. The van der Waals surface area contributed by atoms with Gasteiger partial charge in [0.25, 0.3) is 0 Å². The van der Waals surface area contributed by atoms with Crippen LogP contribution >= 0.6 is 0 Å². The molecule has 10 heteroatoms. The van der Waals surface area contributed by atoms with Crippen molar-refractivity contribution >= 4 is 24.6 Å². The van der Waals surface area contributed by atoms with E-state index in [1.54, 1.807) is 0 Å². The number of carbonyl (C=O) groups is 2. The van der Waals surface area contributed by atoms with Crippen molar-refractivity contribution in [3.8, 4) is 11.3 Å². The van der Waals surface area contributed by atoms with Gasteiger partial charge in [0.05, 0.1) is 30.0 Å². The fourth-order valence-electron chi connectivity index (χ4n) is 5.84. The van der Waals surface area contributed by atoms with E-state index in [4.69, 9.17) is 19.0 Å². The normalized spacial score (nSPS) is 24.1. The molecule has 1 aromatic carbocycles. The Morgan fingerprint density at radius 2 is 1.80 bits per heavy atom. The number of unbranched alkanes of at least 4 members (excludes halogenated alkanes) is 1. The Labute approximate surface area is 245 Å². The molecule has 9 nitrogen and oxygen atoms in total. The number of nitrogens with one attached hydrogen (secondary N) is 2. The first-order valence-corrected chi connectivity index (χ1v) is 15.0. The van der Waals surface area contributed by atoms with Crippen molar-refractivity contribution < 1.29 is 23.6 Å². The van der Waals surface area contributed by atoms with E-state index in [1.165, 1.54) is 7.11 Å². The molecule has 1 aromatic heterocycles. The lowest BCUT2D eigenvalue weighted by Crippen LogP contribution is -2.53. The van der Waals surface area contributed by atoms with Gasteiger partial charge in [-0.15, -0.1) is 0 Å². The monoisotopic (exact) mass is 566 g/mol. The minimum atomic E-state index is -0.686. The highest BCUT2D eigenvalue weighted by molar-refractivity contribution is 6.62. The number of hydrogen-bond donors (Lipinski definition) is 2. The van der Waals surface area contributed by atoms with E-state index in [2.05, 4.69) is 24.1 Å². The van der Waals surface area contributed by atoms with Crippen LogP contribution < -0.4 is 10.8 Å². The number of alkyl carbamates (subject to hydrolysis) is 1. The number of methoxy groups -OCH3 is 1. The molecule has 0 unspecified atom stereocenters. The van der Waals surface area contributed by atoms with Crippen LogP contribution in [0.5, 0.6) is 0 Å². The number of ether oxygens (including phenoxy) is 1. The first kappa shape index (κ1) is 31.1. The maximum absolute atomic E-state index is 14.0. The molecule has 0 aliphatic carbocycles. The second-order valence-electron chi connectivity index (χ2n) is 12.9. The molecule has 0 spiro atoms. The molecule has 2 N–H and O–H groups in total. The largest absolute Gasteiger partial charge is 0.494 e. The predicted octanol–water partition coefficient (Wildman–Crippen LogP) is 5.22. The quantitative estimate of drug-likeness (QED) is 0.403. The number of imidazole rings is 1. The van der Waals surface area contributed by atoms with Gasteiger partial charge in [0.15, 0.2) is 0 Å². The highest BCUT2D eigenvalue weighted by Crippen LogP contribution is 2.42. The average molecular weight is 567 g/mol. The molecule has 41 heavy (non-hydrogen) atoms. The molecule has 0 radical (unpaired) electrons. The lowest BCUT2D eigenvalue weighted by atomic mass is 9.79. The summed E-state index contributed by atoms with van der Waals surface area (Å²) in [5.74, 6) is 0.905. The number of amides is 2. The van der Waals surface area contributed by atoms with Gasteiger partial charge in [-0.1, -0.05) is 57.9 Å². The van der Waals surface area contributed by atoms with Crippen LogP contribution in [0, 0.1) is 11.8 Å². The Bertz CT molecular complexity index is 1200. The SMILES string of the molecule is CCCC[C@H]1C[C@@H](c2nc(-c3ccc(B4OC(C)(C)C(C)(C)O4)cc3)c[nH]2)N(C(=O)[C@@H](NC(=O)OC)C(C)C)[C@H]1C. The summed E-state index contributed by atoms with van der Waals surface area (Å²) in [4.78, 5) is 36.3. The van der Waals surface area contributed by atoms with Gasteiger partial charge < -0.3 is 29.2 Å². The number of carbonyl (C=O) groups excluding carboxylic acids is 2. The summed E-state index contributed by atoms with van der Waals surface area (Å²) in [7, 11) is 0.891. The van der Waals surface area contributed by atoms with E-state index < -0.39 is 30.5 Å². The van der Waals surface area contributed by atoms with Crippen LogP contribution in [-0.4, -0.2) is 64.4 Å². The van der Waals surface area contributed by atoms with Crippen LogP contribution in [0.2, 0.25) is 0 Å². The molecule has 4 atom stereocenters. The van der Waals surface area contributed by atoms with Gasteiger partial charge in [0.1, 0.15) is 11.9 Å². The van der Waals surface area contributed by atoms with Gasteiger partial charge in [-0.05, 0) is 64.8 Å². The topological polar surface area (TPSA) is 106 Å². The molecular weight excluding hydrogens is 519 g/mol. The maximum Gasteiger partial charge on any atom is 0.494 e. The molecule has 2 amide bonds. The molecule has 0 saturated carbocycles. The third kappa shape index (κ3) is 6.33. The molecule has 4 rings (SSSR count). The molecule has 2 saturated heterocycles.